The summed E-state index contributed by atoms with van der Waals surface area (Å²) in [5.74, 6) is -1.08. The topological polar surface area (TPSA) is 43.4 Å². The number of Topliss-reactive ketones (excluding diaryl/α,β-unsaturated/α-hetero) is 1. The van der Waals surface area contributed by atoms with E-state index >= 15 is 0 Å². The van der Waals surface area contributed by atoms with Crippen molar-refractivity contribution in [3.8, 4) is 0 Å². The van der Waals surface area contributed by atoms with Crippen molar-refractivity contribution in [3.63, 3.8) is 0 Å². The monoisotopic (exact) mass is 218 g/mol. The van der Waals surface area contributed by atoms with Gasteiger partial charge in [0.25, 0.3) is 0 Å². The Morgan fingerprint density at radius 2 is 2.19 bits per heavy atom. The van der Waals surface area contributed by atoms with Crippen LogP contribution in [0.25, 0.3) is 0 Å². The molecule has 1 fully saturated rings. The van der Waals surface area contributed by atoms with E-state index in [4.69, 9.17) is 4.74 Å². The maximum absolute atomic E-state index is 11.4. The summed E-state index contributed by atoms with van der Waals surface area (Å²) >= 11 is 0. The zero-order chi connectivity index (χ0) is 11.7. The molecule has 1 aliphatic heterocycles. The molecule has 2 atom stereocenters. The first-order valence-electron chi connectivity index (χ1n) is 5.35. The van der Waals surface area contributed by atoms with E-state index in [9.17, 15) is 9.59 Å². The van der Waals surface area contributed by atoms with Gasteiger partial charge in [0.15, 0.2) is 0 Å². The first-order valence-corrected chi connectivity index (χ1v) is 5.35. The first kappa shape index (κ1) is 10.9. The van der Waals surface area contributed by atoms with Crippen molar-refractivity contribution in [1.82, 2.24) is 0 Å². The van der Waals surface area contributed by atoms with Gasteiger partial charge in [-0.1, -0.05) is 29.8 Å². The van der Waals surface area contributed by atoms with E-state index in [0.717, 1.165) is 11.1 Å². The number of hydrogen-bond donors (Lipinski definition) is 0. The molecule has 3 nitrogen and oxygen atoms in total. The van der Waals surface area contributed by atoms with Gasteiger partial charge < -0.3 is 4.74 Å². The molecule has 1 aromatic rings. The summed E-state index contributed by atoms with van der Waals surface area (Å²) in [5.41, 5.74) is 2.09. The van der Waals surface area contributed by atoms with Gasteiger partial charge in [-0.3, -0.25) is 9.59 Å². The van der Waals surface area contributed by atoms with Gasteiger partial charge in [-0.25, -0.2) is 0 Å². The fourth-order valence-electron chi connectivity index (χ4n) is 1.99. The van der Waals surface area contributed by atoms with Gasteiger partial charge in [-0.05, 0) is 19.4 Å². The Kier molecular flexibility index (Phi) is 2.77. The molecule has 2 unspecified atom stereocenters. The standard InChI is InChI=1S/C13H14O3/c1-8-4-3-5-10(6-8)12-7-11(9(2)14)13(15)16-12/h3-6,11-12H,7H2,1-2H3. The van der Waals surface area contributed by atoms with Gasteiger partial charge in [0.1, 0.15) is 17.8 Å². The Morgan fingerprint density at radius 1 is 1.44 bits per heavy atom. The van der Waals surface area contributed by atoms with Gasteiger partial charge in [0, 0.05) is 6.42 Å². The maximum atomic E-state index is 11.4. The number of rotatable bonds is 2. The van der Waals surface area contributed by atoms with Crippen LogP contribution in [-0.4, -0.2) is 11.8 Å². The van der Waals surface area contributed by atoms with E-state index < -0.39 is 5.92 Å². The van der Waals surface area contributed by atoms with Crippen molar-refractivity contribution in [2.24, 2.45) is 5.92 Å². The summed E-state index contributed by atoms with van der Waals surface area (Å²) in [6.07, 6.45) is 0.207. The fourth-order valence-corrected chi connectivity index (χ4v) is 1.99. The first-order chi connectivity index (χ1) is 7.58. The minimum atomic E-state index is -0.578. The lowest BCUT2D eigenvalue weighted by molar-refractivity contribution is -0.146. The van der Waals surface area contributed by atoms with Gasteiger partial charge in [0.05, 0.1) is 0 Å². The van der Waals surface area contributed by atoms with Crippen LogP contribution in [-0.2, 0) is 14.3 Å². The third kappa shape index (κ3) is 1.98. The second-order valence-corrected chi connectivity index (χ2v) is 4.24. The summed E-state index contributed by atoms with van der Waals surface area (Å²) < 4.78 is 5.22. The van der Waals surface area contributed by atoms with E-state index in [1.807, 2.05) is 31.2 Å². The molecule has 1 saturated heterocycles. The Labute approximate surface area is 94.4 Å². The third-order valence-corrected chi connectivity index (χ3v) is 2.90. The summed E-state index contributed by atoms with van der Waals surface area (Å²) in [6, 6.07) is 7.83. The summed E-state index contributed by atoms with van der Waals surface area (Å²) in [6.45, 7) is 3.42. The highest BCUT2D eigenvalue weighted by Gasteiger charge is 2.38. The summed E-state index contributed by atoms with van der Waals surface area (Å²) in [5, 5.41) is 0. The molecule has 3 heteroatoms. The van der Waals surface area contributed by atoms with Crippen LogP contribution in [0.2, 0.25) is 0 Å². The Balaban J connectivity index is 2.20. The van der Waals surface area contributed by atoms with Crippen LogP contribution in [0.5, 0.6) is 0 Å². The average Bonchev–Trinajstić information content (AvgIpc) is 2.60. The molecule has 0 radical (unpaired) electrons. The molecule has 1 aliphatic rings. The number of aryl methyl sites for hydroxylation is 1. The van der Waals surface area contributed by atoms with Crippen LogP contribution < -0.4 is 0 Å². The molecule has 0 aromatic heterocycles. The Hall–Kier alpha value is -1.64. The van der Waals surface area contributed by atoms with E-state index in [-0.39, 0.29) is 17.9 Å². The van der Waals surface area contributed by atoms with E-state index in [1.54, 1.807) is 0 Å². The predicted molar refractivity (Wildman–Crippen MR) is 58.8 cm³/mol. The molecule has 84 valence electrons. The molecule has 16 heavy (non-hydrogen) atoms. The lowest BCUT2D eigenvalue weighted by Gasteiger charge is -2.09. The van der Waals surface area contributed by atoms with Gasteiger partial charge in [-0.15, -0.1) is 0 Å². The molecule has 0 amide bonds. The van der Waals surface area contributed by atoms with Crippen LogP contribution in [0, 0.1) is 12.8 Å². The summed E-state index contributed by atoms with van der Waals surface area (Å²) in [4.78, 5) is 22.6. The van der Waals surface area contributed by atoms with E-state index in [2.05, 4.69) is 0 Å². The van der Waals surface area contributed by atoms with E-state index in [1.165, 1.54) is 6.92 Å². The van der Waals surface area contributed by atoms with Crippen molar-refractivity contribution >= 4 is 11.8 Å². The minimum absolute atomic E-state index is 0.111. The van der Waals surface area contributed by atoms with Crippen LogP contribution in [0.15, 0.2) is 24.3 Å². The molecule has 1 aromatic carbocycles. The van der Waals surface area contributed by atoms with Crippen LogP contribution >= 0.6 is 0 Å². The number of esters is 1. The highest BCUT2D eigenvalue weighted by atomic mass is 16.6. The molecule has 0 aliphatic carbocycles. The third-order valence-electron chi connectivity index (χ3n) is 2.90. The molecule has 1 heterocycles. The predicted octanol–water partition coefficient (Wildman–Crippen LogP) is 2.19. The second-order valence-electron chi connectivity index (χ2n) is 4.24. The van der Waals surface area contributed by atoms with Crippen molar-refractivity contribution in [3.05, 3.63) is 35.4 Å². The lowest BCUT2D eigenvalue weighted by atomic mass is 9.97. The molecule has 0 N–H and O–H groups in total. The van der Waals surface area contributed by atoms with Crippen molar-refractivity contribution in [2.45, 2.75) is 26.4 Å². The fraction of sp³-hybridized carbons (Fsp3) is 0.385. The van der Waals surface area contributed by atoms with Crippen LogP contribution in [0.1, 0.15) is 30.6 Å². The van der Waals surface area contributed by atoms with Crippen LogP contribution in [0.3, 0.4) is 0 Å². The largest absolute Gasteiger partial charge is 0.457 e. The molecule has 0 bridgehead atoms. The number of cyclic esters (lactones) is 1. The SMILES string of the molecule is CC(=O)C1CC(c2cccc(C)c2)OC1=O. The average molecular weight is 218 g/mol. The van der Waals surface area contributed by atoms with Gasteiger partial charge >= 0.3 is 5.97 Å². The molecule has 0 saturated carbocycles. The number of carbonyl (C=O) groups excluding carboxylic acids is 2. The second kappa shape index (κ2) is 4.08. The lowest BCUT2D eigenvalue weighted by Crippen LogP contribution is -2.15. The number of benzene rings is 1. The van der Waals surface area contributed by atoms with Crippen molar-refractivity contribution in [1.29, 1.82) is 0 Å². The minimum Gasteiger partial charge on any atom is -0.457 e. The van der Waals surface area contributed by atoms with Crippen molar-refractivity contribution < 1.29 is 14.3 Å². The zero-order valence-corrected chi connectivity index (χ0v) is 9.40. The van der Waals surface area contributed by atoms with Crippen LogP contribution in [0.4, 0.5) is 0 Å². The zero-order valence-electron chi connectivity index (χ0n) is 9.40. The number of ether oxygens (including phenoxy) is 1. The van der Waals surface area contributed by atoms with Gasteiger partial charge in [-0.2, -0.15) is 0 Å². The normalized spacial score (nSPS) is 24.2. The maximum Gasteiger partial charge on any atom is 0.317 e. The Morgan fingerprint density at radius 3 is 2.75 bits per heavy atom. The molecule has 0 spiro atoms. The quantitative estimate of drug-likeness (QED) is 0.564. The molecular weight excluding hydrogens is 204 g/mol. The number of hydrogen-bond acceptors (Lipinski definition) is 3. The Bertz CT molecular complexity index is 437. The highest BCUT2D eigenvalue weighted by molar-refractivity contribution is 5.98. The summed E-state index contributed by atoms with van der Waals surface area (Å²) in [7, 11) is 0. The molecular formula is C13H14O3. The van der Waals surface area contributed by atoms with Gasteiger partial charge in [0.2, 0.25) is 0 Å². The molecule has 2 rings (SSSR count). The van der Waals surface area contributed by atoms with Crippen molar-refractivity contribution in [2.75, 3.05) is 0 Å². The number of carbonyl (C=O) groups is 2. The number of ketones is 1. The highest BCUT2D eigenvalue weighted by Crippen LogP contribution is 2.33. The van der Waals surface area contributed by atoms with E-state index in [0.29, 0.717) is 6.42 Å². The smallest absolute Gasteiger partial charge is 0.317 e.